The van der Waals surface area contributed by atoms with Gasteiger partial charge in [-0.2, -0.15) is 0 Å². The van der Waals surface area contributed by atoms with Crippen molar-refractivity contribution < 1.29 is 17.9 Å². The number of likely N-dealkylation sites (N-methyl/N-ethyl adjacent to an activating group) is 1. The second kappa shape index (κ2) is 7.29. The van der Waals surface area contributed by atoms with Gasteiger partial charge in [0.1, 0.15) is 10.6 Å². The Bertz CT molecular complexity index is 675. The van der Waals surface area contributed by atoms with E-state index in [9.17, 15) is 13.2 Å². The van der Waals surface area contributed by atoms with E-state index in [2.05, 4.69) is 16.5 Å². The van der Waals surface area contributed by atoms with Crippen LogP contribution >= 0.6 is 0 Å². The quantitative estimate of drug-likeness (QED) is 0.754. The van der Waals surface area contributed by atoms with E-state index < -0.39 is 15.9 Å². The zero-order chi connectivity index (χ0) is 17.0. The van der Waals surface area contributed by atoms with Crippen molar-refractivity contribution in [1.82, 2.24) is 9.62 Å². The summed E-state index contributed by atoms with van der Waals surface area (Å²) >= 11 is 0. The molecule has 2 rings (SSSR count). The van der Waals surface area contributed by atoms with Gasteiger partial charge in [0.05, 0.1) is 7.11 Å². The smallest absolute Gasteiger partial charge is 0.248 e. The highest BCUT2D eigenvalue weighted by atomic mass is 32.2. The minimum absolute atomic E-state index is 0.0719. The third kappa shape index (κ3) is 4.01. The highest BCUT2D eigenvalue weighted by Crippen LogP contribution is 2.25. The number of ether oxygens (including phenoxy) is 1. The van der Waals surface area contributed by atoms with E-state index in [1.54, 1.807) is 0 Å². The van der Waals surface area contributed by atoms with E-state index in [1.165, 1.54) is 25.3 Å². The van der Waals surface area contributed by atoms with Crippen LogP contribution in [-0.2, 0) is 10.0 Å². The molecule has 7 nitrogen and oxygen atoms in total. The van der Waals surface area contributed by atoms with Gasteiger partial charge in [-0.3, -0.25) is 9.69 Å². The van der Waals surface area contributed by atoms with E-state index >= 15 is 0 Å². The van der Waals surface area contributed by atoms with Gasteiger partial charge in [-0.25, -0.2) is 13.1 Å². The Labute approximate surface area is 136 Å². The molecule has 0 radical (unpaired) electrons. The number of nitrogens with one attached hydrogen (secondary N) is 1. The molecule has 0 bridgehead atoms. The summed E-state index contributed by atoms with van der Waals surface area (Å²) in [6, 6.07) is 4.31. The van der Waals surface area contributed by atoms with Crippen molar-refractivity contribution in [3.63, 3.8) is 0 Å². The van der Waals surface area contributed by atoms with Gasteiger partial charge < -0.3 is 10.5 Å². The number of carbonyl (C=O) groups excluding carboxylic acids is 1. The Morgan fingerprint density at radius 1 is 1.48 bits per heavy atom. The van der Waals surface area contributed by atoms with Crippen molar-refractivity contribution >= 4 is 15.9 Å². The second-order valence-electron chi connectivity index (χ2n) is 5.51. The minimum atomic E-state index is -3.79. The maximum Gasteiger partial charge on any atom is 0.248 e. The first-order valence-electron chi connectivity index (χ1n) is 7.60. The lowest BCUT2D eigenvalue weighted by Crippen LogP contribution is -2.40. The summed E-state index contributed by atoms with van der Waals surface area (Å²) in [7, 11) is -2.40. The monoisotopic (exact) mass is 341 g/mol. The number of rotatable bonds is 7. The highest BCUT2D eigenvalue weighted by molar-refractivity contribution is 7.89. The van der Waals surface area contributed by atoms with Gasteiger partial charge in [0.2, 0.25) is 15.9 Å². The second-order valence-corrected chi connectivity index (χ2v) is 7.24. The summed E-state index contributed by atoms with van der Waals surface area (Å²) in [5, 5.41) is 0. The number of amides is 1. The van der Waals surface area contributed by atoms with Crippen molar-refractivity contribution in [2.75, 3.05) is 26.7 Å². The summed E-state index contributed by atoms with van der Waals surface area (Å²) in [4.78, 5) is 13.5. The molecule has 1 aromatic carbocycles. The fourth-order valence-corrected chi connectivity index (χ4v) is 4.13. The van der Waals surface area contributed by atoms with Crippen LogP contribution in [0.5, 0.6) is 5.75 Å². The largest absolute Gasteiger partial charge is 0.495 e. The summed E-state index contributed by atoms with van der Waals surface area (Å²) in [6.45, 7) is 4.28. The Morgan fingerprint density at radius 3 is 2.83 bits per heavy atom. The molecular formula is C15H23N3O4S. The standard InChI is InChI=1S/C15H23N3O4S/c1-3-18-8-4-5-12(18)10-17-23(20,21)14-9-11(15(16)19)6-7-13(14)22-2/h6-7,9,12,17H,3-5,8,10H2,1-2H3,(H2,16,19)/t12-/m1/s1. The molecule has 1 atom stereocenters. The number of benzene rings is 1. The molecule has 8 heteroatoms. The van der Waals surface area contributed by atoms with Gasteiger partial charge in [-0.15, -0.1) is 0 Å². The van der Waals surface area contributed by atoms with Crippen molar-refractivity contribution in [1.29, 1.82) is 0 Å². The molecule has 0 aromatic heterocycles. The fraction of sp³-hybridized carbons (Fsp3) is 0.533. The molecule has 0 unspecified atom stereocenters. The lowest BCUT2D eigenvalue weighted by molar-refractivity contribution is 0.1000. The first-order valence-corrected chi connectivity index (χ1v) is 9.09. The van der Waals surface area contributed by atoms with E-state index in [0.29, 0.717) is 6.54 Å². The normalized spacial score (nSPS) is 19.0. The van der Waals surface area contributed by atoms with Crippen molar-refractivity contribution in [3.8, 4) is 5.75 Å². The zero-order valence-corrected chi connectivity index (χ0v) is 14.2. The topological polar surface area (TPSA) is 102 Å². The average Bonchev–Trinajstić information content (AvgIpc) is 2.99. The molecular weight excluding hydrogens is 318 g/mol. The maximum atomic E-state index is 12.6. The third-order valence-corrected chi connectivity index (χ3v) is 5.60. The molecule has 1 saturated heterocycles. The molecule has 0 saturated carbocycles. The first-order chi connectivity index (χ1) is 10.9. The number of hydrogen-bond acceptors (Lipinski definition) is 5. The van der Waals surface area contributed by atoms with Gasteiger partial charge in [0.25, 0.3) is 0 Å². The molecule has 1 aliphatic rings. The van der Waals surface area contributed by atoms with Gasteiger partial charge in [-0.1, -0.05) is 6.92 Å². The third-order valence-electron chi connectivity index (χ3n) is 4.15. The average molecular weight is 341 g/mol. The first kappa shape index (κ1) is 17.7. The molecule has 1 aromatic rings. The predicted octanol–water partition coefficient (Wildman–Crippen LogP) is 0.557. The summed E-state index contributed by atoms with van der Waals surface area (Å²) < 4.78 is 32.9. The molecule has 1 aliphatic heterocycles. The van der Waals surface area contributed by atoms with Crippen LogP contribution in [0.15, 0.2) is 23.1 Å². The van der Waals surface area contributed by atoms with Crippen LogP contribution in [0.4, 0.5) is 0 Å². The molecule has 23 heavy (non-hydrogen) atoms. The van der Waals surface area contributed by atoms with E-state index in [-0.39, 0.29) is 22.3 Å². The molecule has 0 spiro atoms. The zero-order valence-electron chi connectivity index (χ0n) is 13.4. The van der Waals surface area contributed by atoms with E-state index in [0.717, 1.165) is 25.9 Å². The number of nitrogens with two attached hydrogens (primary N) is 1. The molecule has 3 N–H and O–H groups in total. The molecule has 0 aliphatic carbocycles. The maximum absolute atomic E-state index is 12.6. The number of nitrogens with zero attached hydrogens (tertiary/aromatic N) is 1. The lowest BCUT2D eigenvalue weighted by atomic mass is 10.2. The number of hydrogen-bond donors (Lipinski definition) is 2. The number of carbonyl (C=O) groups is 1. The molecule has 128 valence electrons. The van der Waals surface area contributed by atoms with Gasteiger partial charge in [0.15, 0.2) is 0 Å². The number of methoxy groups -OCH3 is 1. The molecule has 1 fully saturated rings. The lowest BCUT2D eigenvalue weighted by Gasteiger charge is -2.23. The van der Waals surface area contributed by atoms with Crippen molar-refractivity contribution in [3.05, 3.63) is 23.8 Å². The van der Waals surface area contributed by atoms with Gasteiger partial charge in [-0.05, 0) is 44.1 Å². The number of likely N-dealkylation sites (tertiary alicyclic amines) is 1. The Balaban J connectivity index is 2.21. The summed E-state index contributed by atoms with van der Waals surface area (Å²) in [5.74, 6) is -0.502. The summed E-state index contributed by atoms with van der Waals surface area (Å²) in [6.07, 6.45) is 2.04. The van der Waals surface area contributed by atoms with E-state index in [1.807, 2.05) is 0 Å². The van der Waals surface area contributed by atoms with Crippen molar-refractivity contribution in [2.24, 2.45) is 5.73 Å². The molecule has 1 heterocycles. The van der Waals surface area contributed by atoms with Gasteiger partial charge >= 0.3 is 0 Å². The van der Waals surface area contributed by atoms with Crippen LogP contribution in [0, 0.1) is 0 Å². The van der Waals surface area contributed by atoms with Crippen LogP contribution in [0.1, 0.15) is 30.1 Å². The van der Waals surface area contributed by atoms with Crippen molar-refractivity contribution in [2.45, 2.75) is 30.7 Å². The Morgan fingerprint density at radius 2 is 2.22 bits per heavy atom. The van der Waals surface area contributed by atoms with E-state index in [4.69, 9.17) is 10.5 Å². The fourth-order valence-electron chi connectivity index (χ4n) is 2.87. The minimum Gasteiger partial charge on any atom is -0.495 e. The molecule has 1 amide bonds. The predicted molar refractivity (Wildman–Crippen MR) is 87.0 cm³/mol. The van der Waals surface area contributed by atoms with Gasteiger partial charge in [0, 0.05) is 18.2 Å². The van der Waals surface area contributed by atoms with Crippen LogP contribution in [-0.4, -0.2) is 52.0 Å². The van der Waals surface area contributed by atoms with Crippen LogP contribution < -0.4 is 15.2 Å². The highest BCUT2D eigenvalue weighted by Gasteiger charge is 2.26. The Kier molecular flexibility index (Phi) is 5.61. The SMILES string of the molecule is CCN1CCC[C@@H]1CNS(=O)(=O)c1cc(C(N)=O)ccc1OC. The number of primary amides is 1. The van der Waals surface area contributed by atoms with Crippen LogP contribution in [0.2, 0.25) is 0 Å². The summed E-state index contributed by atoms with van der Waals surface area (Å²) in [5.41, 5.74) is 5.35. The number of sulfonamides is 1. The van der Waals surface area contributed by atoms with Crippen LogP contribution in [0.25, 0.3) is 0 Å². The van der Waals surface area contributed by atoms with Crippen LogP contribution in [0.3, 0.4) is 0 Å². The Hall–Kier alpha value is -1.64.